The van der Waals surface area contributed by atoms with Crippen molar-refractivity contribution in [1.29, 1.82) is 0 Å². The molecule has 0 saturated carbocycles. The number of hydrogen-bond donors (Lipinski definition) is 3. The van der Waals surface area contributed by atoms with Gasteiger partial charge in [-0.15, -0.1) is 11.8 Å². The summed E-state index contributed by atoms with van der Waals surface area (Å²) in [4.78, 5) is 26.7. The molecule has 0 aliphatic rings. The number of carbonyl (C=O) groups is 2. The van der Waals surface area contributed by atoms with Crippen LogP contribution in [0.25, 0.3) is 5.65 Å². The number of hydrogen-bond acceptors (Lipinski definition) is 6. The van der Waals surface area contributed by atoms with Crippen molar-refractivity contribution in [3.8, 4) is 5.75 Å². The van der Waals surface area contributed by atoms with Crippen molar-refractivity contribution in [2.24, 2.45) is 0 Å². The van der Waals surface area contributed by atoms with E-state index < -0.39 is 35.9 Å². The Balaban J connectivity index is 1.82. The molecule has 8 nitrogen and oxygen atoms in total. The molecule has 2 aromatic heterocycles. The van der Waals surface area contributed by atoms with Crippen LogP contribution in [0.1, 0.15) is 21.5 Å². The number of rotatable bonds is 6. The van der Waals surface area contributed by atoms with Gasteiger partial charge in [0.15, 0.2) is 5.65 Å². The number of halogens is 3. The SMILES string of the molecule is O=C(O)CNC(=O)c1c(O)cc(SCc2ccc(C(F)(F)F)cc2)n2ncnc12. The number of fused-ring (bicyclic) bond motifs is 1. The van der Waals surface area contributed by atoms with E-state index in [-0.39, 0.29) is 17.0 Å². The number of carboxylic acid groups (broad SMARTS) is 1. The number of carboxylic acids is 1. The highest BCUT2D eigenvalue weighted by Crippen LogP contribution is 2.32. The minimum atomic E-state index is -4.42. The van der Waals surface area contributed by atoms with Crippen LogP contribution in [0.3, 0.4) is 0 Å². The second-order valence-electron chi connectivity index (χ2n) is 5.80. The second kappa shape index (κ2) is 7.99. The largest absolute Gasteiger partial charge is 0.507 e. The van der Waals surface area contributed by atoms with Gasteiger partial charge in [0.25, 0.3) is 5.91 Å². The third-order valence-electron chi connectivity index (χ3n) is 3.79. The van der Waals surface area contributed by atoms with Gasteiger partial charge in [-0.1, -0.05) is 12.1 Å². The van der Waals surface area contributed by atoms with Crippen LogP contribution in [0.5, 0.6) is 5.75 Å². The molecule has 12 heteroatoms. The van der Waals surface area contributed by atoms with E-state index in [1.807, 2.05) is 0 Å². The van der Waals surface area contributed by atoms with E-state index in [1.165, 1.54) is 34.5 Å². The standard InChI is InChI=1S/C17H13F3N4O4S/c18-17(19,20)10-3-1-9(2-4-10)7-29-12-5-11(25)14(15-22-8-23-24(12)15)16(28)21-6-13(26)27/h1-5,8,25H,6-7H2,(H,21,28)(H,26,27). The molecule has 1 aromatic carbocycles. The molecule has 0 bridgehead atoms. The van der Waals surface area contributed by atoms with Gasteiger partial charge in [0, 0.05) is 11.8 Å². The Labute approximate surface area is 165 Å². The molecule has 0 radical (unpaired) electrons. The summed E-state index contributed by atoms with van der Waals surface area (Å²) >= 11 is 1.17. The minimum absolute atomic E-state index is 0.0165. The highest BCUT2D eigenvalue weighted by atomic mass is 32.2. The molecule has 29 heavy (non-hydrogen) atoms. The van der Waals surface area contributed by atoms with Crippen LogP contribution in [0.2, 0.25) is 0 Å². The molecule has 2 heterocycles. The van der Waals surface area contributed by atoms with Gasteiger partial charge in [-0.3, -0.25) is 9.59 Å². The third kappa shape index (κ3) is 4.59. The molecule has 0 unspecified atom stereocenters. The number of aromatic nitrogens is 3. The third-order valence-corrected chi connectivity index (χ3v) is 4.86. The van der Waals surface area contributed by atoms with E-state index in [1.54, 1.807) is 0 Å². The lowest BCUT2D eigenvalue weighted by Gasteiger charge is -2.11. The van der Waals surface area contributed by atoms with Gasteiger partial charge in [0.05, 0.1) is 5.56 Å². The second-order valence-corrected chi connectivity index (χ2v) is 6.79. The van der Waals surface area contributed by atoms with Crippen LogP contribution < -0.4 is 5.32 Å². The maximum atomic E-state index is 12.6. The maximum absolute atomic E-state index is 12.6. The first kappa shape index (κ1) is 20.5. The fourth-order valence-electron chi connectivity index (χ4n) is 2.45. The Morgan fingerprint density at radius 1 is 1.21 bits per heavy atom. The highest BCUT2D eigenvalue weighted by molar-refractivity contribution is 7.98. The fraction of sp³-hybridized carbons (Fsp3) is 0.176. The monoisotopic (exact) mass is 426 g/mol. The molecule has 0 aliphatic carbocycles. The predicted molar refractivity (Wildman–Crippen MR) is 95.6 cm³/mol. The number of carbonyl (C=O) groups excluding carboxylic acids is 1. The smallest absolute Gasteiger partial charge is 0.416 e. The zero-order valence-electron chi connectivity index (χ0n) is 14.5. The molecule has 0 spiro atoms. The molecule has 0 saturated heterocycles. The average molecular weight is 426 g/mol. The Bertz CT molecular complexity index is 1070. The van der Waals surface area contributed by atoms with Crippen LogP contribution in [-0.4, -0.2) is 43.2 Å². The Morgan fingerprint density at radius 3 is 2.52 bits per heavy atom. The van der Waals surface area contributed by atoms with Gasteiger partial charge in [-0.05, 0) is 17.7 Å². The van der Waals surface area contributed by atoms with Crippen LogP contribution in [-0.2, 0) is 16.7 Å². The van der Waals surface area contributed by atoms with E-state index >= 15 is 0 Å². The lowest BCUT2D eigenvalue weighted by Crippen LogP contribution is -2.29. The van der Waals surface area contributed by atoms with Crippen molar-refractivity contribution >= 4 is 29.3 Å². The number of alkyl halides is 3. The number of thioether (sulfide) groups is 1. The van der Waals surface area contributed by atoms with Crippen molar-refractivity contribution in [2.75, 3.05) is 6.54 Å². The highest BCUT2D eigenvalue weighted by Gasteiger charge is 2.30. The van der Waals surface area contributed by atoms with Gasteiger partial charge < -0.3 is 15.5 Å². The van der Waals surface area contributed by atoms with Crippen molar-refractivity contribution in [2.45, 2.75) is 17.0 Å². The van der Waals surface area contributed by atoms with E-state index in [2.05, 4.69) is 15.4 Å². The topological polar surface area (TPSA) is 117 Å². The zero-order valence-corrected chi connectivity index (χ0v) is 15.3. The number of benzene rings is 1. The number of nitrogens with one attached hydrogen (secondary N) is 1. The van der Waals surface area contributed by atoms with Crippen molar-refractivity contribution < 1.29 is 33.0 Å². The first-order valence-electron chi connectivity index (χ1n) is 8.01. The maximum Gasteiger partial charge on any atom is 0.416 e. The molecule has 152 valence electrons. The summed E-state index contributed by atoms with van der Waals surface area (Å²) in [5, 5.41) is 25.4. The summed E-state index contributed by atoms with van der Waals surface area (Å²) in [5.74, 6) is -2.23. The summed E-state index contributed by atoms with van der Waals surface area (Å²) in [6.07, 6.45) is -3.26. The van der Waals surface area contributed by atoms with E-state index in [0.717, 1.165) is 18.5 Å². The number of aromatic hydroxyl groups is 1. The van der Waals surface area contributed by atoms with Crippen LogP contribution in [0, 0.1) is 0 Å². The average Bonchev–Trinajstić information content (AvgIpc) is 3.13. The molecule has 3 N–H and O–H groups in total. The van der Waals surface area contributed by atoms with Crippen LogP contribution >= 0.6 is 11.8 Å². The fourth-order valence-corrected chi connectivity index (χ4v) is 3.41. The van der Waals surface area contributed by atoms with Gasteiger partial charge in [-0.2, -0.15) is 18.3 Å². The molecule has 3 rings (SSSR count). The Hall–Kier alpha value is -3.28. The summed E-state index contributed by atoms with van der Waals surface area (Å²) < 4.78 is 39.2. The molecule has 3 aromatic rings. The zero-order chi connectivity index (χ0) is 21.2. The summed E-state index contributed by atoms with van der Waals surface area (Å²) in [5.41, 5.74) is -0.358. The van der Waals surface area contributed by atoms with Gasteiger partial charge in [0.2, 0.25) is 0 Å². The van der Waals surface area contributed by atoms with Crippen LogP contribution in [0.4, 0.5) is 13.2 Å². The summed E-state index contributed by atoms with van der Waals surface area (Å²) in [6.45, 7) is -0.636. The summed E-state index contributed by atoms with van der Waals surface area (Å²) in [7, 11) is 0. The van der Waals surface area contributed by atoms with Gasteiger partial charge >= 0.3 is 12.1 Å². The molecule has 1 amide bonds. The lowest BCUT2D eigenvalue weighted by atomic mass is 10.1. The van der Waals surface area contributed by atoms with E-state index in [0.29, 0.717) is 10.6 Å². The Kier molecular flexibility index (Phi) is 5.64. The number of aliphatic carboxylic acids is 1. The van der Waals surface area contributed by atoms with E-state index in [4.69, 9.17) is 5.11 Å². The van der Waals surface area contributed by atoms with Crippen molar-refractivity contribution in [3.05, 3.63) is 53.3 Å². The lowest BCUT2D eigenvalue weighted by molar-refractivity contribution is -0.138. The van der Waals surface area contributed by atoms with E-state index in [9.17, 15) is 27.9 Å². The number of pyridine rings is 1. The van der Waals surface area contributed by atoms with Crippen molar-refractivity contribution in [1.82, 2.24) is 19.9 Å². The molecule has 0 atom stereocenters. The Morgan fingerprint density at radius 2 is 1.90 bits per heavy atom. The first-order valence-corrected chi connectivity index (χ1v) is 9.00. The molecule has 0 fully saturated rings. The molecule has 0 aliphatic heterocycles. The predicted octanol–water partition coefficient (Wildman–Crippen LogP) is 2.56. The molecular formula is C17H13F3N4O4S. The number of amides is 1. The van der Waals surface area contributed by atoms with Gasteiger partial charge in [0.1, 0.15) is 29.2 Å². The summed E-state index contributed by atoms with van der Waals surface area (Å²) in [6, 6.07) is 5.92. The molecular weight excluding hydrogens is 413 g/mol. The van der Waals surface area contributed by atoms with Crippen molar-refractivity contribution in [3.63, 3.8) is 0 Å². The minimum Gasteiger partial charge on any atom is -0.507 e. The number of nitrogens with zero attached hydrogens (tertiary/aromatic N) is 3. The van der Waals surface area contributed by atoms with Crippen LogP contribution in [0.15, 0.2) is 41.7 Å². The van der Waals surface area contributed by atoms with Gasteiger partial charge in [-0.25, -0.2) is 9.50 Å². The normalized spacial score (nSPS) is 11.6. The quantitative estimate of drug-likeness (QED) is 0.519. The first-order chi connectivity index (χ1) is 13.7.